The minimum Gasteiger partial charge on any atom is -0.497 e. The second-order valence-electron chi connectivity index (χ2n) is 6.95. The summed E-state index contributed by atoms with van der Waals surface area (Å²) >= 11 is 0. The van der Waals surface area contributed by atoms with Gasteiger partial charge in [0.1, 0.15) is 17.9 Å². The Hall–Kier alpha value is -3.54. The van der Waals surface area contributed by atoms with Gasteiger partial charge in [0.25, 0.3) is 0 Å². The van der Waals surface area contributed by atoms with Crippen molar-refractivity contribution in [3.63, 3.8) is 0 Å². The molecule has 0 atom stereocenters. The number of nitrogens with one attached hydrogen (secondary N) is 1. The van der Waals surface area contributed by atoms with Gasteiger partial charge in [-0.3, -0.25) is 4.79 Å². The fraction of sp³-hybridized carbons (Fsp3) is 0.182. The van der Waals surface area contributed by atoms with Gasteiger partial charge < -0.3 is 19.2 Å². The number of amides is 1. The number of carbonyl (C=O) groups excluding carboxylic acids is 1. The van der Waals surface area contributed by atoms with Crippen molar-refractivity contribution < 1.29 is 9.53 Å². The molecule has 0 bridgehead atoms. The summed E-state index contributed by atoms with van der Waals surface area (Å²) < 4.78 is 7.45. The van der Waals surface area contributed by atoms with E-state index < -0.39 is 0 Å². The lowest BCUT2D eigenvalue weighted by Gasteiger charge is -2.16. The maximum Gasteiger partial charge on any atom is 0.243 e. The van der Waals surface area contributed by atoms with Gasteiger partial charge in [0.15, 0.2) is 0 Å². The van der Waals surface area contributed by atoms with Crippen LogP contribution in [0.3, 0.4) is 0 Å². The average molecular weight is 372 g/mol. The van der Waals surface area contributed by atoms with E-state index in [0.29, 0.717) is 19.6 Å². The van der Waals surface area contributed by atoms with Crippen LogP contribution in [-0.4, -0.2) is 45.5 Å². The number of hydrogen-bond donors (Lipinski definition) is 1. The smallest absolute Gasteiger partial charge is 0.243 e. The van der Waals surface area contributed by atoms with E-state index in [0.717, 1.165) is 38.9 Å². The van der Waals surface area contributed by atoms with E-state index >= 15 is 0 Å². The summed E-state index contributed by atoms with van der Waals surface area (Å²) in [7, 11) is 1.66. The number of hydrogen-bond acceptors (Lipinski definition) is 3. The first-order valence-electron chi connectivity index (χ1n) is 9.27. The number of fused-ring (bicyclic) bond motifs is 2. The lowest BCUT2D eigenvalue weighted by molar-refractivity contribution is -0.130. The minimum absolute atomic E-state index is 0.114. The first kappa shape index (κ1) is 16.6. The van der Waals surface area contributed by atoms with Crippen molar-refractivity contribution in [3.05, 3.63) is 60.9 Å². The van der Waals surface area contributed by atoms with E-state index in [9.17, 15) is 4.79 Å². The van der Waals surface area contributed by atoms with Crippen LogP contribution < -0.4 is 4.74 Å². The van der Waals surface area contributed by atoms with Crippen LogP contribution in [0.5, 0.6) is 5.75 Å². The summed E-state index contributed by atoms with van der Waals surface area (Å²) in [6.07, 6.45) is 7.87. The first-order valence-corrected chi connectivity index (χ1v) is 9.27. The van der Waals surface area contributed by atoms with Gasteiger partial charge in [-0.1, -0.05) is 12.2 Å². The molecule has 0 unspecified atom stereocenters. The molecule has 140 valence electrons. The SMILES string of the molecule is COc1ccc2c(c1)c(-c1cc3cccnc3[nH]1)cn2CC(=O)N1CC=CC1. The van der Waals surface area contributed by atoms with E-state index in [-0.39, 0.29) is 5.91 Å². The zero-order chi connectivity index (χ0) is 19.1. The summed E-state index contributed by atoms with van der Waals surface area (Å²) in [6.45, 7) is 1.68. The Morgan fingerprint density at radius 1 is 1.21 bits per heavy atom. The van der Waals surface area contributed by atoms with Gasteiger partial charge in [-0.2, -0.15) is 0 Å². The van der Waals surface area contributed by atoms with Crippen molar-refractivity contribution in [2.24, 2.45) is 0 Å². The Kier molecular flexibility index (Phi) is 3.90. The fourth-order valence-electron chi connectivity index (χ4n) is 3.78. The van der Waals surface area contributed by atoms with Crippen molar-refractivity contribution in [2.45, 2.75) is 6.54 Å². The van der Waals surface area contributed by atoms with Crippen molar-refractivity contribution in [1.82, 2.24) is 19.4 Å². The molecule has 6 heteroatoms. The topological polar surface area (TPSA) is 63.1 Å². The normalized spacial score (nSPS) is 13.7. The number of aromatic amines is 1. The summed E-state index contributed by atoms with van der Waals surface area (Å²) in [4.78, 5) is 22.3. The third-order valence-corrected chi connectivity index (χ3v) is 5.25. The molecule has 1 aliphatic rings. The molecule has 3 aromatic heterocycles. The van der Waals surface area contributed by atoms with E-state index in [1.165, 1.54) is 0 Å². The molecule has 1 aliphatic heterocycles. The first-order chi connectivity index (χ1) is 13.7. The molecule has 0 fully saturated rings. The molecule has 6 nitrogen and oxygen atoms in total. The molecule has 0 saturated heterocycles. The Balaban J connectivity index is 1.62. The second kappa shape index (κ2) is 6.56. The summed E-state index contributed by atoms with van der Waals surface area (Å²) in [5, 5.41) is 2.10. The molecule has 0 spiro atoms. The van der Waals surface area contributed by atoms with Gasteiger partial charge in [-0.25, -0.2) is 4.98 Å². The van der Waals surface area contributed by atoms with Gasteiger partial charge in [0, 0.05) is 53.0 Å². The lowest BCUT2D eigenvalue weighted by Crippen LogP contribution is -2.31. The molecule has 0 aliphatic carbocycles. The number of ether oxygens (including phenoxy) is 1. The van der Waals surface area contributed by atoms with Gasteiger partial charge in [-0.15, -0.1) is 0 Å². The number of rotatable bonds is 4. The monoisotopic (exact) mass is 372 g/mol. The van der Waals surface area contributed by atoms with E-state index in [1.54, 1.807) is 13.3 Å². The number of carbonyl (C=O) groups is 1. The van der Waals surface area contributed by atoms with Crippen LogP contribution in [-0.2, 0) is 11.3 Å². The largest absolute Gasteiger partial charge is 0.497 e. The van der Waals surface area contributed by atoms with Crippen LogP contribution in [0.1, 0.15) is 0 Å². The van der Waals surface area contributed by atoms with Gasteiger partial charge in [-0.05, 0) is 36.4 Å². The molecule has 28 heavy (non-hydrogen) atoms. The maximum atomic E-state index is 12.7. The Labute approximate surface area is 162 Å². The van der Waals surface area contributed by atoms with Crippen molar-refractivity contribution in [1.29, 1.82) is 0 Å². The number of benzene rings is 1. The number of H-pyrrole nitrogens is 1. The Morgan fingerprint density at radius 3 is 2.86 bits per heavy atom. The molecule has 0 saturated carbocycles. The van der Waals surface area contributed by atoms with Crippen LogP contribution in [0.2, 0.25) is 0 Å². The van der Waals surface area contributed by atoms with Gasteiger partial charge in [0.2, 0.25) is 5.91 Å². The molecular formula is C22H20N4O2. The predicted molar refractivity (Wildman–Crippen MR) is 109 cm³/mol. The van der Waals surface area contributed by atoms with Crippen molar-refractivity contribution in [2.75, 3.05) is 20.2 Å². The molecule has 1 N–H and O–H groups in total. The Bertz CT molecular complexity index is 1180. The Morgan fingerprint density at radius 2 is 2.07 bits per heavy atom. The van der Waals surface area contributed by atoms with Crippen LogP contribution in [0, 0.1) is 0 Å². The third-order valence-electron chi connectivity index (χ3n) is 5.25. The van der Waals surface area contributed by atoms with Crippen molar-refractivity contribution in [3.8, 4) is 17.0 Å². The number of aromatic nitrogens is 3. The zero-order valence-electron chi connectivity index (χ0n) is 15.6. The molecule has 5 rings (SSSR count). The third kappa shape index (κ3) is 2.74. The quantitative estimate of drug-likeness (QED) is 0.557. The highest BCUT2D eigenvalue weighted by atomic mass is 16.5. The summed E-state index contributed by atoms with van der Waals surface area (Å²) in [6, 6.07) is 12.0. The van der Waals surface area contributed by atoms with Gasteiger partial charge in [0.05, 0.1) is 7.11 Å². The highest BCUT2D eigenvalue weighted by molar-refractivity contribution is 5.99. The van der Waals surface area contributed by atoms with Gasteiger partial charge >= 0.3 is 0 Å². The fourth-order valence-corrected chi connectivity index (χ4v) is 3.78. The highest BCUT2D eigenvalue weighted by Crippen LogP contribution is 2.34. The lowest BCUT2D eigenvalue weighted by atomic mass is 10.1. The van der Waals surface area contributed by atoms with E-state index in [1.807, 2.05) is 58.1 Å². The van der Waals surface area contributed by atoms with Crippen molar-refractivity contribution >= 4 is 27.8 Å². The standard InChI is InChI=1S/C22H20N4O2/c1-28-16-6-7-20-17(12-16)18(19-11-15-5-4-8-23-22(15)24-19)13-26(20)14-21(27)25-9-2-3-10-25/h2-8,11-13H,9-10,14H2,1H3,(H,23,24). The molecule has 4 aromatic rings. The van der Waals surface area contributed by atoms with E-state index in [4.69, 9.17) is 4.74 Å². The van der Waals surface area contributed by atoms with E-state index in [2.05, 4.69) is 16.0 Å². The maximum absolute atomic E-state index is 12.7. The second-order valence-corrected chi connectivity index (χ2v) is 6.95. The number of nitrogens with zero attached hydrogens (tertiary/aromatic N) is 3. The molecule has 0 radical (unpaired) electrons. The number of methoxy groups -OCH3 is 1. The van der Waals surface area contributed by atoms with Crippen LogP contribution in [0.15, 0.2) is 60.9 Å². The number of pyridine rings is 1. The molecule has 1 aromatic carbocycles. The summed E-state index contributed by atoms with van der Waals surface area (Å²) in [5.74, 6) is 0.901. The average Bonchev–Trinajstić information content (AvgIpc) is 3.46. The molecule has 4 heterocycles. The molecule has 1 amide bonds. The van der Waals surface area contributed by atoms with Crippen LogP contribution in [0.4, 0.5) is 0 Å². The van der Waals surface area contributed by atoms with Crippen LogP contribution in [0.25, 0.3) is 33.2 Å². The molecular weight excluding hydrogens is 352 g/mol. The zero-order valence-corrected chi connectivity index (χ0v) is 15.6. The predicted octanol–water partition coefficient (Wildman–Crippen LogP) is 3.59. The summed E-state index contributed by atoms with van der Waals surface area (Å²) in [5.41, 5.74) is 3.85. The highest BCUT2D eigenvalue weighted by Gasteiger charge is 2.18. The van der Waals surface area contributed by atoms with Crippen LogP contribution >= 0.6 is 0 Å². The minimum atomic E-state index is 0.114.